The van der Waals surface area contributed by atoms with Crippen molar-refractivity contribution in [1.82, 2.24) is 0 Å². The fraction of sp³-hybridized carbons (Fsp3) is 0.200. The van der Waals surface area contributed by atoms with E-state index in [1.165, 1.54) is 7.11 Å². The molecular formula is C10H10INO3. The molecule has 1 aromatic rings. The van der Waals surface area contributed by atoms with Crippen LogP contribution in [-0.2, 0) is 14.3 Å². The van der Waals surface area contributed by atoms with Gasteiger partial charge in [-0.15, -0.1) is 0 Å². The molecule has 0 unspecified atom stereocenters. The Bertz CT molecular complexity index is 404. The van der Waals surface area contributed by atoms with Crippen molar-refractivity contribution in [3.8, 4) is 0 Å². The van der Waals surface area contributed by atoms with Gasteiger partial charge >= 0.3 is 11.9 Å². The molecule has 0 aliphatic carbocycles. The maximum Gasteiger partial charge on any atom is 0.396 e. The number of rotatable bonds is 1. The molecule has 0 fully saturated rings. The predicted octanol–water partition coefficient (Wildman–Crippen LogP) is 1.71. The molecule has 4 nitrogen and oxygen atoms in total. The van der Waals surface area contributed by atoms with Crippen molar-refractivity contribution in [3.63, 3.8) is 0 Å². The largest absolute Gasteiger partial charge is 0.462 e. The summed E-state index contributed by atoms with van der Waals surface area (Å²) in [6.45, 7) is 1.87. The molecule has 0 radical (unpaired) electrons. The highest BCUT2D eigenvalue weighted by Gasteiger charge is 2.14. The van der Waals surface area contributed by atoms with E-state index in [1.807, 2.05) is 19.1 Å². The molecule has 0 bridgehead atoms. The second-order valence-electron chi connectivity index (χ2n) is 2.86. The second-order valence-corrected chi connectivity index (χ2v) is 4.02. The molecule has 15 heavy (non-hydrogen) atoms. The first-order valence-electron chi connectivity index (χ1n) is 4.20. The van der Waals surface area contributed by atoms with Crippen molar-refractivity contribution >= 4 is 40.2 Å². The maximum atomic E-state index is 11.2. The Morgan fingerprint density at radius 3 is 2.67 bits per heavy atom. The molecule has 1 aromatic carbocycles. The van der Waals surface area contributed by atoms with Crippen LogP contribution in [0.15, 0.2) is 18.2 Å². The lowest BCUT2D eigenvalue weighted by Gasteiger charge is -2.08. The van der Waals surface area contributed by atoms with E-state index in [2.05, 4.69) is 32.6 Å². The number of halogens is 1. The second kappa shape index (κ2) is 5.11. The van der Waals surface area contributed by atoms with Gasteiger partial charge in [0, 0.05) is 9.26 Å². The fourth-order valence-corrected chi connectivity index (χ4v) is 1.51. The highest BCUT2D eigenvalue weighted by atomic mass is 127. The summed E-state index contributed by atoms with van der Waals surface area (Å²) in [6.07, 6.45) is 0. The lowest BCUT2D eigenvalue weighted by atomic mass is 10.2. The summed E-state index contributed by atoms with van der Waals surface area (Å²) in [7, 11) is 1.17. The first-order valence-corrected chi connectivity index (χ1v) is 5.28. The first kappa shape index (κ1) is 12.0. The zero-order valence-corrected chi connectivity index (χ0v) is 10.5. The lowest BCUT2D eigenvalue weighted by molar-refractivity contribution is -0.150. The van der Waals surface area contributed by atoms with Crippen LogP contribution in [0.1, 0.15) is 5.56 Å². The van der Waals surface area contributed by atoms with Gasteiger partial charge in [0.2, 0.25) is 0 Å². The summed E-state index contributed by atoms with van der Waals surface area (Å²) in [4.78, 5) is 22.1. The predicted molar refractivity (Wildman–Crippen MR) is 64.5 cm³/mol. The number of amides is 1. The third-order valence-electron chi connectivity index (χ3n) is 1.89. The number of ether oxygens (including phenoxy) is 1. The van der Waals surface area contributed by atoms with Gasteiger partial charge in [0.15, 0.2) is 0 Å². The Balaban J connectivity index is 2.86. The number of carbonyl (C=O) groups is 2. The van der Waals surface area contributed by atoms with E-state index in [1.54, 1.807) is 6.07 Å². The average Bonchev–Trinajstić information content (AvgIpc) is 2.23. The SMILES string of the molecule is COC(=O)C(=O)Nc1cccc(I)c1C. The highest BCUT2D eigenvalue weighted by molar-refractivity contribution is 14.1. The molecule has 0 aromatic heterocycles. The molecule has 0 spiro atoms. The molecule has 0 atom stereocenters. The summed E-state index contributed by atoms with van der Waals surface area (Å²) >= 11 is 2.16. The van der Waals surface area contributed by atoms with Crippen LogP contribution >= 0.6 is 22.6 Å². The molecule has 0 aliphatic rings. The van der Waals surface area contributed by atoms with Crippen LogP contribution in [0.3, 0.4) is 0 Å². The molecule has 1 amide bonds. The number of methoxy groups -OCH3 is 1. The van der Waals surface area contributed by atoms with Crippen LogP contribution in [0.25, 0.3) is 0 Å². The number of benzene rings is 1. The van der Waals surface area contributed by atoms with E-state index >= 15 is 0 Å². The number of nitrogens with one attached hydrogen (secondary N) is 1. The molecular weight excluding hydrogens is 309 g/mol. The molecule has 0 heterocycles. The van der Waals surface area contributed by atoms with E-state index < -0.39 is 11.9 Å². The Kier molecular flexibility index (Phi) is 4.07. The standard InChI is InChI=1S/C10H10INO3/c1-6-7(11)4-3-5-8(6)12-9(13)10(14)15-2/h3-5H,1-2H3,(H,12,13). The van der Waals surface area contributed by atoms with Gasteiger partial charge < -0.3 is 10.1 Å². The first-order chi connectivity index (χ1) is 7.06. The minimum atomic E-state index is -0.895. The minimum absolute atomic E-state index is 0.623. The minimum Gasteiger partial charge on any atom is -0.462 e. The Morgan fingerprint density at radius 1 is 1.40 bits per heavy atom. The topological polar surface area (TPSA) is 55.4 Å². The zero-order valence-electron chi connectivity index (χ0n) is 8.33. The van der Waals surface area contributed by atoms with E-state index in [-0.39, 0.29) is 0 Å². The quantitative estimate of drug-likeness (QED) is 0.487. The average molecular weight is 319 g/mol. The molecule has 80 valence electrons. The fourth-order valence-electron chi connectivity index (χ4n) is 1.01. The highest BCUT2D eigenvalue weighted by Crippen LogP contribution is 2.20. The van der Waals surface area contributed by atoms with Crippen molar-refractivity contribution < 1.29 is 14.3 Å². The van der Waals surface area contributed by atoms with Gasteiger partial charge in [0.25, 0.3) is 0 Å². The van der Waals surface area contributed by atoms with Crippen molar-refractivity contribution in [3.05, 3.63) is 27.3 Å². The summed E-state index contributed by atoms with van der Waals surface area (Å²) < 4.78 is 5.32. The van der Waals surface area contributed by atoms with Gasteiger partial charge in [-0.3, -0.25) is 4.79 Å². The number of esters is 1. The summed E-state index contributed by atoms with van der Waals surface area (Å²) in [5.41, 5.74) is 1.55. The van der Waals surface area contributed by atoms with Crippen LogP contribution in [0.2, 0.25) is 0 Å². The van der Waals surface area contributed by atoms with Crippen molar-refractivity contribution in [2.24, 2.45) is 0 Å². The van der Waals surface area contributed by atoms with Crippen molar-refractivity contribution in [2.75, 3.05) is 12.4 Å². The molecule has 0 saturated carbocycles. The Labute approximate surface area is 101 Å². The molecule has 0 aliphatic heterocycles. The lowest BCUT2D eigenvalue weighted by Crippen LogP contribution is -2.24. The van der Waals surface area contributed by atoms with Gasteiger partial charge in [-0.1, -0.05) is 6.07 Å². The molecule has 0 saturated heterocycles. The molecule has 1 N–H and O–H groups in total. The van der Waals surface area contributed by atoms with Crippen LogP contribution in [0.5, 0.6) is 0 Å². The van der Waals surface area contributed by atoms with Crippen LogP contribution < -0.4 is 5.32 Å². The van der Waals surface area contributed by atoms with Crippen molar-refractivity contribution in [1.29, 1.82) is 0 Å². The zero-order chi connectivity index (χ0) is 11.4. The van der Waals surface area contributed by atoms with Gasteiger partial charge in [-0.25, -0.2) is 4.79 Å². The summed E-state index contributed by atoms with van der Waals surface area (Å²) in [5.74, 6) is -1.66. The van der Waals surface area contributed by atoms with Crippen LogP contribution in [0.4, 0.5) is 5.69 Å². The summed E-state index contributed by atoms with van der Waals surface area (Å²) in [5, 5.41) is 2.48. The van der Waals surface area contributed by atoms with E-state index in [4.69, 9.17) is 0 Å². The van der Waals surface area contributed by atoms with E-state index in [9.17, 15) is 9.59 Å². The van der Waals surface area contributed by atoms with Crippen LogP contribution in [0, 0.1) is 10.5 Å². The molecule has 5 heteroatoms. The van der Waals surface area contributed by atoms with Gasteiger partial charge in [-0.05, 0) is 47.2 Å². The number of carbonyl (C=O) groups excluding carboxylic acids is 2. The normalized spacial score (nSPS) is 9.53. The van der Waals surface area contributed by atoms with Gasteiger partial charge in [-0.2, -0.15) is 0 Å². The third-order valence-corrected chi connectivity index (χ3v) is 3.06. The summed E-state index contributed by atoms with van der Waals surface area (Å²) in [6, 6.07) is 5.46. The number of hydrogen-bond donors (Lipinski definition) is 1. The van der Waals surface area contributed by atoms with E-state index in [0.29, 0.717) is 5.69 Å². The molecule has 1 rings (SSSR count). The van der Waals surface area contributed by atoms with E-state index in [0.717, 1.165) is 9.13 Å². The Morgan fingerprint density at radius 2 is 2.07 bits per heavy atom. The smallest absolute Gasteiger partial charge is 0.396 e. The maximum absolute atomic E-state index is 11.2. The van der Waals surface area contributed by atoms with Crippen LogP contribution in [-0.4, -0.2) is 19.0 Å². The van der Waals surface area contributed by atoms with Gasteiger partial charge in [0.1, 0.15) is 0 Å². The Hall–Kier alpha value is -1.11. The van der Waals surface area contributed by atoms with Crippen molar-refractivity contribution in [2.45, 2.75) is 6.92 Å². The third kappa shape index (κ3) is 2.92. The number of hydrogen-bond acceptors (Lipinski definition) is 3. The number of anilines is 1. The van der Waals surface area contributed by atoms with Gasteiger partial charge in [0.05, 0.1) is 7.11 Å². The monoisotopic (exact) mass is 319 g/mol.